The summed E-state index contributed by atoms with van der Waals surface area (Å²) in [5.74, 6) is 0.0813. The van der Waals surface area contributed by atoms with Crippen molar-refractivity contribution >= 4 is 16.8 Å². The smallest absolute Gasteiger partial charge is 0.268 e. The lowest BCUT2D eigenvalue weighted by Gasteiger charge is -2.13. The van der Waals surface area contributed by atoms with Crippen LogP contribution in [0.1, 0.15) is 29.0 Å². The molecule has 22 heavy (non-hydrogen) atoms. The molecule has 0 aliphatic heterocycles. The molecule has 1 heterocycles. The number of aromatic hydroxyl groups is 2. The Bertz CT molecular complexity index is 839. The van der Waals surface area contributed by atoms with E-state index in [9.17, 15) is 15.0 Å². The number of amides is 1. The third-order valence-electron chi connectivity index (χ3n) is 3.57. The van der Waals surface area contributed by atoms with Crippen molar-refractivity contribution in [3.8, 4) is 11.5 Å². The zero-order valence-electron chi connectivity index (χ0n) is 12.0. The number of phenols is 2. The van der Waals surface area contributed by atoms with Gasteiger partial charge in [-0.15, -0.1) is 0 Å². The number of hydrogen-bond acceptors (Lipinski definition) is 3. The first-order valence-corrected chi connectivity index (χ1v) is 6.94. The molecule has 2 aromatic carbocycles. The molecule has 1 atom stereocenters. The molecule has 1 amide bonds. The van der Waals surface area contributed by atoms with E-state index in [0.29, 0.717) is 5.69 Å². The normalized spacial score (nSPS) is 12.2. The summed E-state index contributed by atoms with van der Waals surface area (Å²) >= 11 is 0. The number of benzene rings is 2. The van der Waals surface area contributed by atoms with Crippen molar-refractivity contribution in [1.82, 2.24) is 10.3 Å². The lowest BCUT2D eigenvalue weighted by molar-refractivity contribution is 0.0935. The van der Waals surface area contributed by atoms with Gasteiger partial charge >= 0.3 is 0 Å². The molecule has 0 radical (unpaired) electrons. The molecule has 0 unspecified atom stereocenters. The minimum Gasteiger partial charge on any atom is -0.508 e. The van der Waals surface area contributed by atoms with Gasteiger partial charge in [-0.3, -0.25) is 4.79 Å². The summed E-state index contributed by atoms with van der Waals surface area (Å²) in [7, 11) is 0. The number of fused-ring (bicyclic) bond motifs is 1. The standard InChI is InChI=1S/C17H16N2O3/c1-10(11-3-2-4-13(20)7-11)18-17(22)16-9-12-8-14(21)5-6-15(12)19-16/h2-10,19-21H,1H3,(H,18,22)/t10-/m0/s1. The molecule has 0 bridgehead atoms. The maximum absolute atomic E-state index is 12.3. The van der Waals surface area contributed by atoms with Gasteiger partial charge in [0.2, 0.25) is 0 Å². The molecule has 0 saturated heterocycles. The highest BCUT2D eigenvalue weighted by molar-refractivity contribution is 5.98. The molecular formula is C17H16N2O3. The summed E-state index contributed by atoms with van der Waals surface area (Å²) < 4.78 is 0. The molecule has 4 N–H and O–H groups in total. The van der Waals surface area contributed by atoms with E-state index in [1.54, 1.807) is 42.5 Å². The highest BCUT2D eigenvalue weighted by atomic mass is 16.3. The molecule has 3 rings (SSSR count). The van der Waals surface area contributed by atoms with E-state index in [0.717, 1.165) is 16.5 Å². The third-order valence-corrected chi connectivity index (χ3v) is 3.57. The van der Waals surface area contributed by atoms with Crippen molar-refractivity contribution in [3.05, 3.63) is 59.8 Å². The first kappa shape index (κ1) is 14.0. The number of carbonyl (C=O) groups excluding carboxylic acids is 1. The number of phenolic OH excluding ortho intramolecular Hbond substituents is 2. The van der Waals surface area contributed by atoms with Crippen LogP contribution in [0.15, 0.2) is 48.5 Å². The van der Waals surface area contributed by atoms with Crippen molar-refractivity contribution < 1.29 is 15.0 Å². The van der Waals surface area contributed by atoms with Gasteiger partial charge in [-0.1, -0.05) is 12.1 Å². The second kappa shape index (κ2) is 5.44. The van der Waals surface area contributed by atoms with Gasteiger partial charge in [0.05, 0.1) is 6.04 Å². The minimum atomic E-state index is -0.244. The Kier molecular flexibility index (Phi) is 3.47. The Labute approximate surface area is 127 Å². The van der Waals surface area contributed by atoms with E-state index in [-0.39, 0.29) is 23.4 Å². The second-order valence-corrected chi connectivity index (χ2v) is 5.24. The maximum atomic E-state index is 12.3. The molecule has 5 nitrogen and oxygen atoms in total. The average molecular weight is 296 g/mol. The molecule has 3 aromatic rings. The number of nitrogens with one attached hydrogen (secondary N) is 2. The first-order chi connectivity index (χ1) is 10.5. The number of hydrogen-bond donors (Lipinski definition) is 4. The zero-order valence-corrected chi connectivity index (χ0v) is 12.0. The number of rotatable bonds is 3. The van der Waals surface area contributed by atoms with E-state index >= 15 is 0 Å². The molecular weight excluding hydrogens is 280 g/mol. The molecule has 0 saturated carbocycles. The average Bonchev–Trinajstić information content (AvgIpc) is 2.90. The summed E-state index contributed by atoms with van der Waals surface area (Å²) in [6, 6.07) is 13.1. The Morgan fingerprint density at radius 3 is 2.64 bits per heavy atom. The van der Waals surface area contributed by atoms with Crippen molar-refractivity contribution in [2.75, 3.05) is 0 Å². The largest absolute Gasteiger partial charge is 0.508 e. The lowest BCUT2D eigenvalue weighted by atomic mass is 10.1. The van der Waals surface area contributed by atoms with E-state index in [4.69, 9.17) is 0 Å². The van der Waals surface area contributed by atoms with Crippen molar-refractivity contribution in [2.45, 2.75) is 13.0 Å². The van der Waals surface area contributed by atoms with Crippen LogP contribution in [0.25, 0.3) is 10.9 Å². The Balaban J connectivity index is 1.80. The SMILES string of the molecule is C[C@H](NC(=O)c1cc2cc(O)ccc2[nH]1)c1cccc(O)c1. The van der Waals surface area contributed by atoms with Gasteiger partial charge in [0.1, 0.15) is 17.2 Å². The number of aromatic nitrogens is 1. The fraction of sp³-hybridized carbons (Fsp3) is 0.118. The van der Waals surface area contributed by atoms with Gasteiger partial charge in [0, 0.05) is 10.9 Å². The third kappa shape index (κ3) is 2.74. The predicted molar refractivity (Wildman–Crippen MR) is 84.0 cm³/mol. The van der Waals surface area contributed by atoms with E-state index in [2.05, 4.69) is 10.3 Å². The van der Waals surface area contributed by atoms with Crippen molar-refractivity contribution in [3.63, 3.8) is 0 Å². The highest BCUT2D eigenvalue weighted by Crippen LogP contribution is 2.22. The van der Waals surface area contributed by atoms with E-state index in [1.807, 2.05) is 13.0 Å². The molecule has 0 spiro atoms. The van der Waals surface area contributed by atoms with E-state index in [1.165, 1.54) is 0 Å². The van der Waals surface area contributed by atoms with Gasteiger partial charge in [0.25, 0.3) is 5.91 Å². The quantitative estimate of drug-likeness (QED) is 0.599. The number of H-pyrrole nitrogens is 1. The van der Waals surface area contributed by atoms with Gasteiger partial charge in [-0.05, 0) is 48.9 Å². The minimum absolute atomic E-state index is 0.159. The van der Waals surface area contributed by atoms with Crippen LogP contribution in [0.4, 0.5) is 0 Å². The van der Waals surface area contributed by atoms with Crippen LogP contribution < -0.4 is 5.32 Å². The van der Waals surface area contributed by atoms with Crippen LogP contribution in [0.5, 0.6) is 11.5 Å². The summed E-state index contributed by atoms with van der Waals surface area (Å²) in [6.07, 6.45) is 0. The van der Waals surface area contributed by atoms with Crippen LogP contribution in [0.3, 0.4) is 0 Å². The van der Waals surface area contributed by atoms with Crippen LogP contribution in [0, 0.1) is 0 Å². The van der Waals surface area contributed by atoms with Crippen LogP contribution in [-0.4, -0.2) is 21.1 Å². The summed E-state index contributed by atoms with van der Waals surface area (Å²) in [6.45, 7) is 1.85. The molecule has 0 aliphatic carbocycles. The zero-order chi connectivity index (χ0) is 15.7. The predicted octanol–water partition coefficient (Wildman–Crippen LogP) is 3.07. The summed E-state index contributed by atoms with van der Waals surface area (Å²) in [5.41, 5.74) is 2.03. The van der Waals surface area contributed by atoms with E-state index < -0.39 is 0 Å². The topological polar surface area (TPSA) is 85.4 Å². The monoisotopic (exact) mass is 296 g/mol. The Morgan fingerprint density at radius 2 is 1.86 bits per heavy atom. The second-order valence-electron chi connectivity index (χ2n) is 5.24. The summed E-state index contributed by atoms with van der Waals surface area (Å²) in [5, 5.41) is 22.6. The fourth-order valence-electron chi connectivity index (χ4n) is 2.39. The molecule has 1 aromatic heterocycles. The van der Waals surface area contributed by atoms with Gasteiger partial charge in [-0.25, -0.2) is 0 Å². The van der Waals surface area contributed by atoms with Crippen LogP contribution in [-0.2, 0) is 0 Å². The van der Waals surface area contributed by atoms with Crippen LogP contribution >= 0.6 is 0 Å². The Morgan fingerprint density at radius 1 is 1.09 bits per heavy atom. The lowest BCUT2D eigenvalue weighted by Crippen LogP contribution is -2.26. The van der Waals surface area contributed by atoms with Gasteiger partial charge < -0.3 is 20.5 Å². The van der Waals surface area contributed by atoms with Crippen LogP contribution in [0.2, 0.25) is 0 Å². The highest BCUT2D eigenvalue weighted by Gasteiger charge is 2.14. The van der Waals surface area contributed by atoms with Crippen molar-refractivity contribution in [2.24, 2.45) is 0 Å². The van der Waals surface area contributed by atoms with Gasteiger partial charge in [-0.2, -0.15) is 0 Å². The molecule has 5 heteroatoms. The number of aromatic amines is 1. The molecule has 0 fully saturated rings. The Hall–Kier alpha value is -2.95. The van der Waals surface area contributed by atoms with Gasteiger partial charge in [0.15, 0.2) is 0 Å². The summed E-state index contributed by atoms with van der Waals surface area (Å²) in [4.78, 5) is 15.3. The maximum Gasteiger partial charge on any atom is 0.268 e. The first-order valence-electron chi connectivity index (χ1n) is 6.94. The molecule has 0 aliphatic rings. The van der Waals surface area contributed by atoms with Crippen molar-refractivity contribution in [1.29, 1.82) is 0 Å². The molecule has 112 valence electrons. The number of carbonyl (C=O) groups is 1. The fourth-order valence-corrected chi connectivity index (χ4v) is 2.39.